The highest BCUT2D eigenvalue weighted by Crippen LogP contribution is 2.63. The fourth-order valence-corrected chi connectivity index (χ4v) is 8.96. The van der Waals surface area contributed by atoms with Crippen LogP contribution in [0.5, 0.6) is 0 Å². The van der Waals surface area contributed by atoms with E-state index in [0.717, 1.165) is 39.0 Å². The first-order chi connectivity index (χ1) is 25.3. The summed E-state index contributed by atoms with van der Waals surface area (Å²) < 4.78 is 6.26. The topological polar surface area (TPSA) is 16.4 Å². The highest BCUT2D eigenvalue weighted by atomic mass is 16.3. The van der Waals surface area contributed by atoms with E-state index in [-0.39, 0.29) is 5.41 Å². The third-order valence-corrected chi connectivity index (χ3v) is 11.1. The maximum Gasteiger partial charge on any atom is 0.135 e. The van der Waals surface area contributed by atoms with Crippen molar-refractivity contribution in [2.45, 2.75) is 5.41 Å². The van der Waals surface area contributed by atoms with Gasteiger partial charge in [0.05, 0.1) is 5.41 Å². The van der Waals surface area contributed by atoms with Crippen LogP contribution in [0.4, 0.5) is 17.1 Å². The Morgan fingerprint density at radius 1 is 0.333 bits per heavy atom. The van der Waals surface area contributed by atoms with E-state index in [1.54, 1.807) is 0 Å². The lowest BCUT2D eigenvalue weighted by atomic mass is 9.70. The molecule has 51 heavy (non-hydrogen) atoms. The van der Waals surface area contributed by atoms with E-state index in [1.165, 1.54) is 55.6 Å². The number of fused-ring (bicyclic) bond motifs is 13. The van der Waals surface area contributed by atoms with Crippen LogP contribution in [0, 0.1) is 0 Å². The molecule has 0 unspecified atom stereocenters. The predicted molar refractivity (Wildman–Crippen MR) is 210 cm³/mol. The van der Waals surface area contributed by atoms with Crippen molar-refractivity contribution in [1.29, 1.82) is 0 Å². The summed E-state index contributed by atoms with van der Waals surface area (Å²) in [5.74, 6) is 0. The summed E-state index contributed by atoms with van der Waals surface area (Å²) in [5, 5.41) is 2.23. The zero-order valence-corrected chi connectivity index (χ0v) is 27.8. The van der Waals surface area contributed by atoms with Crippen molar-refractivity contribution < 1.29 is 4.42 Å². The summed E-state index contributed by atoms with van der Waals surface area (Å²) in [4.78, 5) is 2.39. The van der Waals surface area contributed by atoms with Crippen molar-refractivity contribution in [3.05, 3.63) is 210 Å². The van der Waals surface area contributed by atoms with Crippen LogP contribution in [0.1, 0.15) is 22.3 Å². The molecule has 1 spiro atoms. The SMILES string of the molecule is c1ccc(-c2ccc(N(c3ccc4c(c3)-c3ccccc3C43c4ccccc4-c4ccccc43)c3ccc4oc5ccccc5c4c3)cc2)cc1. The van der Waals surface area contributed by atoms with Crippen LogP contribution in [-0.4, -0.2) is 0 Å². The van der Waals surface area contributed by atoms with Crippen molar-refractivity contribution in [3.8, 4) is 33.4 Å². The lowest BCUT2D eigenvalue weighted by Gasteiger charge is -2.31. The van der Waals surface area contributed by atoms with Gasteiger partial charge in [-0.1, -0.05) is 140 Å². The second-order valence-electron chi connectivity index (χ2n) is 13.6. The van der Waals surface area contributed by atoms with Crippen LogP contribution in [0.3, 0.4) is 0 Å². The first-order valence-corrected chi connectivity index (χ1v) is 17.6. The number of benzene rings is 8. The molecule has 0 radical (unpaired) electrons. The summed E-state index contributed by atoms with van der Waals surface area (Å²) in [6, 6.07) is 68.5. The predicted octanol–water partition coefficient (Wildman–Crippen LogP) is 13.1. The van der Waals surface area contributed by atoms with Gasteiger partial charge in [-0.2, -0.15) is 0 Å². The summed E-state index contributed by atoms with van der Waals surface area (Å²) in [6.45, 7) is 0. The third-order valence-electron chi connectivity index (χ3n) is 11.1. The van der Waals surface area contributed by atoms with Gasteiger partial charge in [0, 0.05) is 27.8 Å². The first kappa shape index (κ1) is 28.2. The van der Waals surface area contributed by atoms with Crippen molar-refractivity contribution in [2.24, 2.45) is 0 Å². The van der Waals surface area contributed by atoms with Gasteiger partial charge in [0.15, 0.2) is 0 Å². The Morgan fingerprint density at radius 3 is 1.53 bits per heavy atom. The molecule has 2 aliphatic carbocycles. The van der Waals surface area contributed by atoms with Gasteiger partial charge in [0.2, 0.25) is 0 Å². The molecule has 2 aliphatic rings. The Morgan fingerprint density at radius 2 is 0.824 bits per heavy atom. The maximum atomic E-state index is 6.26. The Labute approximate surface area is 296 Å². The molecule has 2 heteroatoms. The number of nitrogens with zero attached hydrogens (tertiary/aromatic N) is 1. The average Bonchev–Trinajstić information content (AvgIpc) is 3.82. The molecule has 0 N–H and O–H groups in total. The Balaban J connectivity index is 1.14. The summed E-state index contributed by atoms with van der Waals surface area (Å²) in [7, 11) is 0. The molecule has 0 bridgehead atoms. The standard InChI is InChI=1S/C49H31NO/c1-2-12-32(13-3-1)33-22-24-34(25-23-33)50(36-27-29-48-42(31-36)40-17-7-11-21-47(40)51-48)35-26-28-46-41(30-35)39-16-6-10-20-45(39)49(46)43-18-8-4-14-37(43)38-15-5-9-19-44(38)49/h1-31H. The first-order valence-electron chi connectivity index (χ1n) is 17.6. The molecule has 0 saturated heterocycles. The molecule has 8 aromatic carbocycles. The second kappa shape index (κ2) is 10.7. The number of hydrogen-bond acceptors (Lipinski definition) is 2. The van der Waals surface area contributed by atoms with Crippen LogP contribution in [0.2, 0.25) is 0 Å². The minimum absolute atomic E-state index is 0.367. The molecular formula is C49H31NO. The highest BCUT2D eigenvalue weighted by molar-refractivity contribution is 6.06. The molecule has 238 valence electrons. The third kappa shape index (κ3) is 3.93. The Hall–Kier alpha value is -6.64. The smallest absolute Gasteiger partial charge is 0.135 e. The largest absolute Gasteiger partial charge is 0.456 e. The molecule has 0 atom stereocenters. The van der Waals surface area contributed by atoms with Crippen molar-refractivity contribution in [1.82, 2.24) is 0 Å². The van der Waals surface area contributed by atoms with Crippen molar-refractivity contribution in [2.75, 3.05) is 4.90 Å². The zero-order chi connectivity index (χ0) is 33.5. The van der Waals surface area contributed by atoms with Crippen LogP contribution in [0.25, 0.3) is 55.3 Å². The minimum Gasteiger partial charge on any atom is -0.456 e. The van der Waals surface area contributed by atoms with Gasteiger partial charge >= 0.3 is 0 Å². The van der Waals surface area contributed by atoms with Gasteiger partial charge < -0.3 is 9.32 Å². The molecule has 0 aliphatic heterocycles. The summed E-state index contributed by atoms with van der Waals surface area (Å²) >= 11 is 0. The molecule has 0 fully saturated rings. The van der Waals surface area contributed by atoms with E-state index in [9.17, 15) is 0 Å². The van der Waals surface area contributed by atoms with E-state index < -0.39 is 0 Å². The van der Waals surface area contributed by atoms with Gasteiger partial charge in [-0.25, -0.2) is 0 Å². The normalized spacial score (nSPS) is 13.3. The molecule has 0 saturated carbocycles. The van der Waals surface area contributed by atoms with Gasteiger partial charge in [-0.05, 0) is 104 Å². The highest BCUT2D eigenvalue weighted by Gasteiger charge is 2.51. The minimum atomic E-state index is -0.367. The quantitative estimate of drug-likeness (QED) is 0.189. The summed E-state index contributed by atoms with van der Waals surface area (Å²) in [5.41, 5.74) is 17.7. The van der Waals surface area contributed by atoms with Gasteiger partial charge in [-0.15, -0.1) is 0 Å². The second-order valence-corrected chi connectivity index (χ2v) is 13.6. The van der Waals surface area contributed by atoms with E-state index in [2.05, 4.69) is 181 Å². The Kier molecular flexibility index (Phi) is 5.91. The Bertz CT molecular complexity index is 2760. The fraction of sp³-hybridized carbons (Fsp3) is 0.0204. The van der Waals surface area contributed by atoms with Crippen LogP contribution in [-0.2, 0) is 5.41 Å². The van der Waals surface area contributed by atoms with Crippen LogP contribution in [0.15, 0.2) is 192 Å². The number of rotatable bonds is 4. The fourth-order valence-electron chi connectivity index (χ4n) is 8.96. The number of hydrogen-bond donors (Lipinski definition) is 0. The molecule has 2 nitrogen and oxygen atoms in total. The van der Waals surface area contributed by atoms with E-state index in [1.807, 2.05) is 12.1 Å². The zero-order valence-electron chi connectivity index (χ0n) is 27.8. The van der Waals surface area contributed by atoms with Crippen LogP contribution < -0.4 is 4.90 Å². The number of para-hydroxylation sites is 1. The maximum absolute atomic E-state index is 6.26. The molecule has 1 aromatic heterocycles. The van der Waals surface area contributed by atoms with Gasteiger partial charge in [0.1, 0.15) is 11.2 Å². The van der Waals surface area contributed by atoms with Gasteiger partial charge in [0.25, 0.3) is 0 Å². The van der Waals surface area contributed by atoms with E-state index in [4.69, 9.17) is 4.42 Å². The number of anilines is 3. The molecule has 1 heterocycles. The lowest BCUT2D eigenvalue weighted by molar-refractivity contribution is 0.669. The molecular weight excluding hydrogens is 619 g/mol. The van der Waals surface area contributed by atoms with Crippen molar-refractivity contribution in [3.63, 3.8) is 0 Å². The summed E-state index contributed by atoms with van der Waals surface area (Å²) in [6.07, 6.45) is 0. The lowest BCUT2D eigenvalue weighted by Crippen LogP contribution is -2.25. The molecule has 11 rings (SSSR count). The van der Waals surface area contributed by atoms with E-state index in [0.29, 0.717) is 0 Å². The monoisotopic (exact) mass is 649 g/mol. The average molecular weight is 650 g/mol. The number of furan rings is 1. The van der Waals surface area contributed by atoms with Crippen LogP contribution >= 0.6 is 0 Å². The van der Waals surface area contributed by atoms with Crippen molar-refractivity contribution >= 4 is 39.0 Å². The molecule has 0 amide bonds. The van der Waals surface area contributed by atoms with Gasteiger partial charge in [-0.3, -0.25) is 0 Å². The van der Waals surface area contributed by atoms with E-state index >= 15 is 0 Å². The molecule has 9 aromatic rings.